The first-order valence-electron chi connectivity index (χ1n) is 10.9. The Bertz CT molecular complexity index is 762. The summed E-state index contributed by atoms with van der Waals surface area (Å²) in [5.41, 5.74) is 0.172. The zero-order valence-electron chi connectivity index (χ0n) is 18.8. The highest BCUT2D eigenvalue weighted by molar-refractivity contribution is 5.80. The monoisotopic (exact) mass is 441 g/mol. The van der Waals surface area contributed by atoms with E-state index in [1.54, 1.807) is 19.2 Å². The number of ether oxygens (including phenoxy) is 1. The maximum Gasteiger partial charge on any atom is 0.416 e. The Morgan fingerprint density at radius 3 is 2.52 bits per heavy atom. The van der Waals surface area contributed by atoms with Gasteiger partial charge < -0.3 is 20.3 Å². The van der Waals surface area contributed by atoms with Crippen LogP contribution >= 0.6 is 0 Å². The first kappa shape index (κ1) is 23.7. The normalized spacial score (nSPS) is 23.5. The zero-order valence-corrected chi connectivity index (χ0v) is 18.8. The van der Waals surface area contributed by atoms with E-state index in [2.05, 4.69) is 41.3 Å². The van der Waals surface area contributed by atoms with Crippen LogP contribution in [0.15, 0.2) is 23.2 Å². The average molecular weight is 442 g/mol. The van der Waals surface area contributed by atoms with Crippen molar-refractivity contribution >= 4 is 11.6 Å². The lowest BCUT2D eigenvalue weighted by Crippen LogP contribution is -2.46. The molecule has 2 aliphatic heterocycles. The van der Waals surface area contributed by atoms with Crippen LogP contribution in [0.4, 0.5) is 18.9 Å². The Morgan fingerprint density at radius 2 is 1.94 bits per heavy atom. The van der Waals surface area contributed by atoms with Crippen LogP contribution in [0.25, 0.3) is 0 Å². The van der Waals surface area contributed by atoms with Crippen molar-refractivity contribution < 1.29 is 17.9 Å². The quantitative estimate of drug-likeness (QED) is 0.544. The van der Waals surface area contributed by atoms with Crippen molar-refractivity contribution in [2.45, 2.75) is 45.6 Å². The molecule has 9 heteroatoms. The lowest BCUT2D eigenvalue weighted by atomic mass is 10.0. The minimum absolute atomic E-state index is 0.0485. The van der Waals surface area contributed by atoms with E-state index in [0.717, 1.165) is 13.1 Å². The van der Waals surface area contributed by atoms with Crippen molar-refractivity contribution in [2.24, 2.45) is 10.9 Å². The highest BCUT2D eigenvalue weighted by Gasteiger charge is 2.34. The van der Waals surface area contributed by atoms with Gasteiger partial charge in [0.05, 0.1) is 18.8 Å². The van der Waals surface area contributed by atoms with Crippen LogP contribution in [-0.2, 0) is 17.5 Å². The highest BCUT2D eigenvalue weighted by Crippen LogP contribution is 2.35. The van der Waals surface area contributed by atoms with Crippen molar-refractivity contribution in [1.82, 2.24) is 15.5 Å². The van der Waals surface area contributed by atoms with Gasteiger partial charge >= 0.3 is 6.18 Å². The van der Waals surface area contributed by atoms with Crippen molar-refractivity contribution in [3.8, 4) is 0 Å². The summed E-state index contributed by atoms with van der Waals surface area (Å²) in [6.45, 7) is 10.7. The summed E-state index contributed by atoms with van der Waals surface area (Å²) in [6.07, 6.45) is -4.42. The van der Waals surface area contributed by atoms with Crippen LogP contribution in [0.1, 0.15) is 31.9 Å². The van der Waals surface area contributed by atoms with Crippen molar-refractivity contribution in [3.05, 3.63) is 29.3 Å². The molecule has 3 rings (SSSR count). The summed E-state index contributed by atoms with van der Waals surface area (Å²) in [5.74, 6) is 0.951. The van der Waals surface area contributed by atoms with Crippen LogP contribution in [0.3, 0.4) is 0 Å². The number of hydrogen-bond donors (Lipinski definition) is 2. The summed E-state index contributed by atoms with van der Waals surface area (Å²) in [6, 6.07) is 5.24. The minimum Gasteiger partial charge on any atom is -0.378 e. The van der Waals surface area contributed by atoms with Crippen LogP contribution in [0.5, 0.6) is 0 Å². The minimum atomic E-state index is -4.42. The van der Waals surface area contributed by atoms with E-state index in [4.69, 9.17) is 4.74 Å². The van der Waals surface area contributed by atoms with Crippen molar-refractivity contribution in [1.29, 1.82) is 0 Å². The third-order valence-corrected chi connectivity index (χ3v) is 6.14. The van der Waals surface area contributed by atoms with E-state index in [0.29, 0.717) is 49.9 Å². The molecule has 2 aliphatic rings. The molecule has 0 amide bonds. The first-order valence-corrected chi connectivity index (χ1v) is 10.9. The molecule has 2 atom stereocenters. The van der Waals surface area contributed by atoms with Gasteiger partial charge in [-0.3, -0.25) is 9.89 Å². The molecule has 1 aromatic carbocycles. The van der Waals surface area contributed by atoms with E-state index in [1.165, 1.54) is 6.07 Å². The highest BCUT2D eigenvalue weighted by atomic mass is 19.4. The second kappa shape index (κ2) is 10.1. The molecule has 0 spiro atoms. The fraction of sp³-hybridized carbons (Fsp3) is 0.682. The van der Waals surface area contributed by atoms with Gasteiger partial charge in [-0.2, -0.15) is 13.2 Å². The molecule has 0 radical (unpaired) electrons. The van der Waals surface area contributed by atoms with Gasteiger partial charge in [0.2, 0.25) is 0 Å². The standard InChI is InChI=1S/C22H34F3N5O/c1-15(2)30-13-16(3)20(14-30)28-21(26-4)27-12-17-5-6-18(11-19(17)22(23,24)25)29-7-9-31-10-8-29/h5-6,11,15-16,20H,7-10,12-14H2,1-4H3,(H2,26,27,28). The van der Waals surface area contributed by atoms with E-state index >= 15 is 0 Å². The van der Waals surface area contributed by atoms with Gasteiger partial charge in [0.15, 0.2) is 5.96 Å². The van der Waals surface area contributed by atoms with Gasteiger partial charge in [-0.05, 0) is 37.5 Å². The number of aliphatic imine (C=N–C) groups is 1. The van der Waals surface area contributed by atoms with Gasteiger partial charge in [0.25, 0.3) is 0 Å². The lowest BCUT2D eigenvalue weighted by molar-refractivity contribution is -0.138. The smallest absolute Gasteiger partial charge is 0.378 e. The Morgan fingerprint density at radius 1 is 1.23 bits per heavy atom. The molecule has 2 saturated heterocycles. The maximum absolute atomic E-state index is 13.8. The predicted octanol–water partition coefficient (Wildman–Crippen LogP) is 2.94. The van der Waals surface area contributed by atoms with Gasteiger partial charge in [-0.1, -0.05) is 13.0 Å². The first-order chi connectivity index (χ1) is 14.7. The van der Waals surface area contributed by atoms with Gasteiger partial charge in [0, 0.05) is 57.5 Å². The summed E-state index contributed by atoms with van der Waals surface area (Å²) in [4.78, 5) is 8.55. The van der Waals surface area contributed by atoms with E-state index in [9.17, 15) is 13.2 Å². The number of halogens is 3. The molecular weight excluding hydrogens is 407 g/mol. The average Bonchev–Trinajstić information content (AvgIpc) is 3.11. The van der Waals surface area contributed by atoms with Crippen LogP contribution < -0.4 is 15.5 Å². The number of nitrogens with zero attached hydrogens (tertiary/aromatic N) is 3. The lowest BCUT2D eigenvalue weighted by Gasteiger charge is -2.30. The Kier molecular flexibility index (Phi) is 7.69. The molecule has 0 bridgehead atoms. The molecule has 0 aliphatic carbocycles. The number of rotatable bonds is 5. The van der Waals surface area contributed by atoms with Gasteiger partial charge in [0.1, 0.15) is 0 Å². The summed E-state index contributed by atoms with van der Waals surface area (Å²) >= 11 is 0. The molecule has 2 unspecified atom stereocenters. The SMILES string of the molecule is CN=C(NCc1ccc(N2CCOCC2)cc1C(F)(F)F)NC1CN(C(C)C)CC1C. The number of benzene rings is 1. The zero-order chi connectivity index (χ0) is 22.6. The molecule has 2 N–H and O–H groups in total. The molecule has 174 valence electrons. The molecule has 31 heavy (non-hydrogen) atoms. The Balaban J connectivity index is 1.68. The maximum atomic E-state index is 13.8. The molecule has 0 aromatic heterocycles. The third kappa shape index (κ3) is 6.04. The number of nitrogens with one attached hydrogen (secondary N) is 2. The number of alkyl halides is 3. The molecule has 6 nitrogen and oxygen atoms in total. The molecule has 2 heterocycles. The third-order valence-electron chi connectivity index (χ3n) is 6.14. The second-order valence-corrected chi connectivity index (χ2v) is 8.64. The van der Waals surface area contributed by atoms with Crippen molar-refractivity contribution in [3.63, 3.8) is 0 Å². The fourth-order valence-electron chi connectivity index (χ4n) is 4.16. The van der Waals surface area contributed by atoms with Crippen LogP contribution in [0, 0.1) is 5.92 Å². The van der Waals surface area contributed by atoms with Crippen LogP contribution in [0.2, 0.25) is 0 Å². The second-order valence-electron chi connectivity index (χ2n) is 8.64. The number of guanidine groups is 1. The summed E-state index contributed by atoms with van der Waals surface area (Å²) < 4.78 is 46.6. The largest absolute Gasteiger partial charge is 0.416 e. The number of likely N-dealkylation sites (tertiary alicyclic amines) is 1. The summed E-state index contributed by atoms with van der Waals surface area (Å²) in [7, 11) is 1.64. The topological polar surface area (TPSA) is 52.1 Å². The molecular formula is C22H34F3N5O. The molecule has 1 aromatic rings. The Labute approximate surface area is 182 Å². The Hall–Kier alpha value is -2.00. The number of anilines is 1. The summed E-state index contributed by atoms with van der Waals surface area (Å²) in [5, 5.41) is 6.46. The molecule has 0 saturated carbocycles. The number of morpholine rings is 1. The fourth-order valence-corrected chi connectivity index (χ4v) is 4.16. The predicted molar refractivity (Wildman–Crippen MR) is 117 cm³/mol. The molecule has 2 fully saturated rings. The van der Waals surface area contributed by atoms with E-state index in [-0.39, 0.29) is 18.2 Å². The van der Waals surface area contributed by atoms with E-state index in [1.807, 2.05) is 4.90 Å². The van der Waals surface area contributed by atoms with E-state index < -0.39 is 11.7 Å². The van der Waals surface area contributed by atoms with Crippen molar-refractivity contribution in [2.75, 3.05) is 51.3 Å². The van der Waals surface area contributed by atoms with Crippen LogP contribution in [-0.4, -0.2) is 69.4 Å². The van der Waals surface area contributed by atoms with Gasteiger partial charge in [-0.15, -0.1) is 0 Å². The van der Waals surface area contributed by atoms with Gasteiger partial charge in [-0.25, -0.2) is 0 Å². The number of hydrogen-bond acceptors (Lipinski definition) is 4.